The highest BCUT2D eigenvalue weighted by atomic mass is 32.1. The van der Waals surface area contributed by atoms with E-state index in [1.807, 2.05) is 16.2 Å². The van der Waals surface area contributed by atoms with Crippen molar-refractivity contribution in [1.82, 2.24) is 19.2 Å². The van der Waals surface area contributed by atoms with E-state index in [1.54, 1.807) is 0 Å². The van der Waals surface area contributed by atoms with Gasteiger partial charge in [-0.1, -0.05) is 6.92 Å². The van der Waals surface area contributed by atoms with Gasteiger partial charge in [-0.15, -0.1) is 0 Å². The number of piperidine rings is 1. The molecule has 0 atom stereocenters. The molecule has 0 spiro atoms. The zero-order chi connectivity index (χ0) is 15.9. The van der Waals surface area contributed by atoms with Crippen LogP contribution in [0.4, 0.5) is 0 Å². The molecule has 0 unspecified atom stereocenters. The minimum Gasteiger partial charge on any atom is -0.388 e. The first-order valence-electron chi connectivity index (χ1n) is 8.27. The maximum absolute atomic E-state index is 9.44. The van der Waals surface area contributed by atoms with Crippen LogP contribution >= 0.6 is 12.2 Å². The van der Waals surface area contributed by atoms with Gasteiger partial charge in [0.05, 0.1) is 6.67 Å². The van der Waals surface area contributed by atoms with Gasteiger partial charge in [0, 0.05) is 32.8 Å². The highest BCUT2D eigenvalue weighted by Gasteiger charge is 2.20. The Morgan fingerprint density at radius 2 is 2.05 bits per heavy atom. The molecule has 2 rings (SSSR count). The summed E-state index contributed by atoms with van der Waals surface area (Å²) in [4.78, 5) is 2.38. The summed E-state index contributed by atoms with van der Waals surface area (Å²) in [5, 5.41) is 13.9. The topological polar surface area (TPSA) is 55.5 Å². The van der Waals surface area contributed by atoms with Gasteiger partial charge in [-0.05, 0) is 44.3 Å². The van der Waals surface area contributed by atoms with Gasteiger partial charge in [0.2, 0.25) is 0 Å². The Morgan fingerprint density at radius 3 is 2.64 bits per heavy atom. The van der Waals surface area contributed by atoms with Crippen LogP contribution in [0.5, 0.6) is 0 Å². The first-order chi connectivity index (χ1) is 10.7. The molecule has 6 nitrogen and oxygen atoms in total. The van der Waals surface area contributed by atoms with E-state index >= 15 is 0 Å². The second kappa shape index (κ2) is 8.76. The molecule has 0 saturated carbocycles. The number of aliphatic hydroxyl groups is 1. The lowest BCUT2D eigenvalue weighted by molar-refractivity contribution is 0.0636. The third-order valence-corrected chi connectivity index (χ3v) is 4.62. The van der Waals surface area contributed by atoms with E-state index in [0.29, 0.717) is 23.2 Å². The summed E-state index contributed by atoms with van der Waals surface area (Å²) in [6, 6.07) is 0. The van der Waals surface area contributed by atoms with Gasteiger partial charge in [0.15, 0.2) is 10.6 Å². The quantitative estimate of drug-likeness (QED) is 0.740. The molecular weight excluding hydrogens is 300 g/mol. The van der Waals surface area contributed by atoms with Gasteiger partial charge >= 0.3 is 0 Å². The number of aliphatic hydroxyl groups excluding tert-OH is 1. The monoisotopic (exact) mass is 328 g/mol. The normalized spacial score (nSPS) is 17.2. The van der Waals surface area contributed by atoms with Crippen LogP contribution in [0.1, 0.15) is 38.9 Å². The molecule has 1 N–H and O–H groups in total. The Hall–Kier alpha value is -0.760. The fourth-order valence-electron chi connectivity index (χ4n) is 2.91. The molecule has 22 heavy (non-hydrogen) atoms. The average molecular weight is 328 g/mol. The summed E-state index contributed by atoms with van der Waals surface area (Å²) in [7, 11) is 0. The van der Waals surface area contributed by atoms with E-state index in [2.05, 4.69) is 16.9 Å². The van der Waals surface area contributed by atoms with Crippen molar-refractivity contribution in [3.05, 3.63) is 10.6 Å². The summed E-state index contributed by atoms with van der Waals surface area (Å²) < 4.78 is 10.0. The van der Waals surface area contributed by atoms with Crippen LogP contribution in [-0.4, -0.2) is 50.7 Å². The molecule has 0 radical (unpaired) electrons. The summed E-state index contributed by atoms with van der Waals surface area (Å²) in [5.41, 5.74) is 0. The molecule has 1 saturated heterocycles. The molecule has 1 aromatic rings. The van der Waals surface area contributed by atoms with Crippen molar-refractivity contribution in [2.24, 2.45) is 5.92 Å². The number of aromatic nitrogens is 3. The Kier molecular flexibility index (Phi) is 7.01. The molecule has 0 bridgehead atoms. The van der Waals surface area contributed by atoms with Crippen molar-refractivity contribution in [1.29, 1.82) is 0 Å². The Bertz CT molecular complexity index is 506. The van der Waals surface area contributed by atoms with E-state index in [1.165, 1.54) is 0 Å². The maximum atomic E-state index is 9.44. The Morgan fingerprint density at radius 1 is 1.32 bits per heavy atom. The highest BCUT2D eigenvalue weighted by Crippen LogP contribution is 2.18. The predicted octanol–water partition coefficient (Wildman–Crippen LogP) is 2.02. The zero-order valence-corrected chi connectivity index (χ0v) is 14.5. The van der Waals surface area contributed by atoms with Gasteiger partial charge in [0.1, 0.15) is 6.61 Å². The second-order valence-electron chi connectivity index (χ2n) is 5.87. The van der Waals surface area contributed by atoms with Crippen molar-refractivity contribution in [2.45, 2.75) is 52.9 Å². The van der Waals surface area contributed by atoms with Crippen molar-refractivity contribution >= 4 is 12.2 Å². The molecule has 7 heteroatoms. The molecule has 1 aliphatic rings. The third kappa shape index (κ3) is 4.38. The van der Waals surface area contributed by atoms with E-state index < -0.39 is 0 Å². The first-order valence-corrected chi connectivity index (χ1v) is 8.67. The van der Waals surface area contributed by atoms with Crippen LogP contribution in [0.2, 0.25) is 0 Å². The van der Waals surface area contributed by atoms with E-state index in [-0.39, 0.29) is 6.61 Å². The molecule has 1 aliphatic heterocycles. The highest BCUT2D eigenvalue weighted by molar-refractivity contribution is 7.71. The molecule has 126 valence electrons. The number of ether oxygens (including phenoxy) is 1. The summed E-state index contributed by atoms with van der Waals surface area (Å²) in [6.45, 7) is 9.38. The van der Waals surface area contributed by atoms with Crippen molar-refractivity contribution in [3.63, 3.8) is 0 Å². The fraction of sp³-hybridized carbons (Fsp3) is 0.867. The molecule has 0 amide bonds. The van der Waals surface area contributed by atoms with Crippen LogP contribution in [0.3, 0.4) is 0 Å². The second-order valence-corrected chi connectivity index (χ2v) is 6.24. The largest absolute Gasteiger partial charge is 0.388 e. The fourth-order valence-corrected chi connectivity index (χ4v) is 3.21. The minimum absolute atomic E-state index is 0.0624. The van der Waals surface area contributed by atoms with Crippen molar-refractivity contribution in [3.8, 4) is 0 Å². The lowest BCUT2D eigenvalue weighted by Gasteiger charge is -2.31. The molecule has 0 aliphatic carbocycles. The molecule has 0 aromatic carbocycles. The van der Waals surface area contributed by atoms with Crippen LogP contribution in [0, 0.1) is 10.7 Å². The lowest BCUT2D eigenvalue weighted by atomic mass is 9.98. The van der Waals surface area contributed by atoms with E-state index in [9.17, 15) is 5.11 Å². The first kappa shape index (κ1) is 17.6. The van der Waals surface area contributed by atoms with Crippen molar-refractivity contribution in [2.75, 3.05) is 26.3 Å². The smallest absolute Gasteiger partial charge is 0.199 e. The standard InChI is InChI=1S/C15H28N4O2S/c1-3-7-18-14(10-20)16-19(15(18)22)12-17-8-5-13(6-9-17)11-21-4-2/h13,20H,3-12H2,1-2H3. The Labute approximate surface area is 137 Å². The summed E-state index contributed by atoms with van der Waals surface area (Å²) >= 11 is 5.50. The van der Waals surface area contributed by atoms with Gasteiger partial charge in [-0.25, -0.2) is 4.68 Å². The van der Waals surface area contributed by atoms with Crippen LogP contribution in [-0.2, 0) is 24.6 Å². The van der Waals surface area contributed by atoms with Gasteiger partial charge in [0.25, 0.3) is 0 Å². The van der Waals surface area contributed by atoms with E-state index in [0.717, 1.165) is 52.1 Å². The van der Waals surface area contributed by atoms with Gasteiger partial charge < -0.3 is 14.4 Å². The number of likely N-dealkylation sites (tertiary alicyclic amines) is 1. The average Bonchev–Trinajstić information content (AvgIpc) is 2.83. The summed E-state index contributed by atoms with van der Waals surface area (Å²) in [5.74, 6) is 1.34. The predicted molar refractivity (Wildman–Crippen MR) is 88.1 cm³/mol. The third-order valence-electron chi connectivity index (χ3n) is 4.19. The molecule has 1 fully saturated rings. The lowest BCUT2D eigenvalue weighted by Crippen LogP contribution is -2.36. The van der Waals surface area contributed by atoms with Gasteiger partial charge in [-0.2, -0.15) is 5.10 Å². The number of hydrogen-bond acceptors (Lipinski definition) is 5. The van der Waals surface area contributed by atoms with Crippen LogP contribution < -0.4 is 0 Å². The molecule has 2 heterocycles. The molecular formula is C15H28N4O2S. The molecule has 1 aromatic heterocycles. The van der Waals surface area contributed by atoms with Gasteiger partial charge in [-0.3, -0.25) is 4.90 Å². The maximum Gasteiger partial charge on any atom is 0.199 e. The van der Waals surface area contributed by atoms with Crippen molar-refractivity contribution < 1.29 is 9.84 Å². The number of nitrogens with zero attached hydrogens (tertiary/aromatic N) is 4. The number of hydrogen-bond donors (Lipinski definition) is 1. The van der Waals surface area contributed by atoms with Crippen LogP contribution in [0.15, 0.2) is 0 Å². The summed E-state index contributed by atoms with van der Waals surface area (Å²) in [6.07, 6.45) is 3.31. The SMILES string of the molecule is CCCn1c(CO)nn(CN2CCC(COCC)CC2)c1=S. The zero-order valence-electron chi connectivity index (χ0n) is 13.7. The Balaban J connectivity index is 1.93. The number of rotatable bonds is 8. The minimum atomic E-state index is -0.0624. The van der Waals surface area contributed by atoms with Crippen LogP contribution in [0.25, 0.3) is 0 Å². The van der Waals surface area contributed by atoms with E-state index in [4.69, 9.17) is 17.0 Å².